The second-order valence-electron chi connectivity index (χ2n) is 9.37. The van der Waals surface area contributed by atoms with Gasteiger partial charge in [0.15, 0.2) is 23.3 Å². The number of carbonyl (C=O) groups is 2. The first-order valence-corrected chi connectivity index (χ1v) is 13.4. The van der Waals surface area contributed by atoms with Gasteiger partial charge in [0.25, 0.3) is 5.91 Å². The highest BCUT2D eigenvalue weighted by Gasteiger charge is 2.63. The maximum absolute atomic E-state index is 14.9. The third-order valence-corrected chi connectivity index (χ3v) is 7.30. The van der Waals surface area contributed by atoms with E-state index in [1.54, 1.807) is 42.2 Å². The van der Waals surface area contributed by atoms with Crippen molar-refractivity contribution in [1.29, 1.82) is 0 Å². The molecule has 3 heterocycles. The number of amides is 2. The van der Waals surface area contributed by atoms with Gasteiger partial charge in [0.05, 0.1) is 18.8 Å². The van der Waals surface area contributed by atoms with Crippen molar-refractivity contribution in [1.82, 2.24) is 10.4 Å². The number of anilines is 1. The first-order chi connectivity index (χ1) is 19.5. The molecule has 0 saturated carbocycles. The van der Waals surface area contributed by atoms with Crippen LogP contribution < -0.4 is 19.8 Å². The fraction of sp³-hybridized carbons (Fsp3) is 0.310. The lowest BCUT2D eigenvalue weighted by atomic mass is 9.82. The molecule has 0 radical (unpaired) electrons. The highest BCUT2D eigenvalue weighted by molar-refractivity contribution is 6.30. The molecule has 1 saturated heterocycles. The van der Waals surface area contributed by atoms with Crippen molar-refractivity contribution in [2.45, 2.75) is 38.4 Å². The molecular formula is C29H28ClN3O7. The summed E-state index contributed by atoms with van der Waals surface area (Å²) in [5.41, 5.74) is 4.02. The number of hydrogen-bond acceptors (Lipinski definition) is 8. The zero-order valence-corrected chi connectivity index (χ0v) is 22.7. The molecule has 40 heavy (non-hydrogen) atoms. The second kappa shape index (κ2) is 10.6. The molecule has 11 heteroatoms. The van der Waals surface area contributed by atoms with Crippen molar-refractivity contribution in [3.63, 3.8) is 0 Å². The van der Waals surface area contributed by atoms with Gasteiger partial charge in [-0.05, 0) is 55.3 Å². The van der Waals surface area contributed by atoms with Gasteiger partial charge in [-0.3, -0.25) is 4.79 Å². The fourth-order valence-corrected chi connectivity index (χ4v) is 5.42. The number of nitrogens with one attached hydrogen (secondary N) is 1. The molecule has 0 bridgehead atoms. The first kappa shape index (κ1) is 26.4. The maximum Gasteiger partial charge on any atom is 0.421 e. The normalized spacial score (nSPS) is 22.4. The molecule has 208 valence electrons. The standard InChI is InChI=1S/C29H28ClN3O7/c1-3-36-26-25(40-26)33(31-28(35)37-4-2)29(19-11-14-23-24(15-19)39-17-38-23)21-7-5-6-8-22(21)32(27(29)34)16-18-9-12-20(30)13-10-18/h5-15,25-26H,3-4,16-17H2,1-2H3,(H,31,35). The van der Waals surface area contributed by atoms with Crippen molar-refractivity contribution >= 4 is 29.3 Å². The number of nitrogens with zero attached hydrogens (tertiary/aromatic N) is 2. The van der Waals surface area contributed by atoms with Crippen LogP contribution in [0.5, 0.6) is 11.5 Å². The fourth-order valence-electron chi connectivity index (χ4n) is 5.30. The van der Waals surface area contributed by atoms with Gasteiger partial charge in [-0.25, -0.2) is 10.2 Å². The van der Waals surface area contributed by atoms with Crippen molar-refractivity contribution < 1.29 is 33.3 Å². The predicted octanol–water partition coefficient (Wildman–Crippen LogP) is 4.54. The Bertz CT molecular complexity index is 1440. The Morgan fingerprint density at radius 3 is 2.62 bits per heavy atom. The highest BCUT2D eigenvalue weighted by Crippen LogP contribution is 2.52. The minimum atomic E-state index is -1.56. The van der Waals surface area contributed by atoms with Crippen molar-refractivity contribution in [3.05, 3.63) is 88.4 Å². The van der Waals surface area contributed by atoms with Crippen LogP contribution in [0.25, 0.3) is 0 Å². The average Bonchev–Trinajstić information content (AvgIpc) is 3.47. The van der Waals surface area contributed by atoms with E-state index in [-0.39, 0.29) is 25.9 Å². The molecule has 0 spiro atoms. The molecular weight excluding hydrogens is 538 g/mol. The van der Waals surface area contributed by atoms with Gasteiger partial charge in [0.2, 0.25) is 13.1 Å². The van der Waals surface area contributed by atoms with Crippen molar-refractivity contribution in [3.8, 4) is 11.5 Å². The van der Waals surface area contributed by atoms with E-state index in [9.17, 15) is 9.59 Å². The maximum atomic E-state index is 14.9. The Labute approximate surface area is 236 Å². The van der Waals surface area contributed by atoms with Gasteiger partial charge in [-0.2, -0.15) is 5.01 Å². The van der Waals surface area contributed by atoms with Gasteiger partial charge in [0.1, 0.15) is 0 Å². The number of carbonyl (C=O) groups excluding carboxylic acids is 2. The van der Waals surface area contributed by atoms with Crippen molar-refractivity contribution in [2.24, 2.45) is 0 Å². The number of hydrazine groups is 1. The molecule has 10 nitrogen and oxygen atoms in total. The molecule has 3 aliphatic rings. The number of epoxide rings is 1. The lowest BCUT2D eigenvalue weighted by molar-refractivity contribution is -0.131. The number of ether oxygens (including phenoxy) is 5. The van der Waals surface area contributed by atoms with E-state index in [2.05, 4.69) is 5.43 Å². The monoisotopic (exact) mass is 565 g/mol. The van der Waals surface area contributed by atoms with E-state index in [4.69, 9.17) is 35.3 Å². The van der Waals surface area contributed by atoms with E-state index >= 15 is 0 Å². The Balaban J connectivity index is 1.54. The smallest absolute Gasteiger partial charge is 0.421 e. The van der Waals surface area contributed by atoms with Gasteiger partial charge in [-0.1, -0.05) is 48.0 Å². The summed E-state index contributed by atoms with van der Waals surface area (Å²) >= 11 is 6.12. The summed E-state index contributed by atoms with van der Waals surface area (Å²) in [6, 6.07) is 20.1. The molecule has 2 amide bonds. The molecule has 3 aromatic carbocycles. The van der Waals surface area contributed by atoms with E-state index in [0.29, 0.717) is 39.9 Å². The molecule has 3 aliphatic heterocycles. The van der Waals surface area contributed by atoms with Crippen LogP contribution in [0, 0.1) is 0 Å². The van der Waals surface area contributed by atoms with Crippen LogP contribution in [0.3, 0.4) is 0 Å². The molecule has 0 aliphatic carbocycles. The lowest BCUT2D eigenvalue weighted by Gasteiger charge is -2.39. The molecule has 1 fully saturated rings. The van der Waals surface area contributed by atoms with Crippen LogP contribution in [0.15, 0.2) is 66.7 Å². The molecule has 0 aromatic heterocycles. The van der Waals surface area contributed by atoms with E-state index in [1.807, 2.05) is 43.3 Å². The summed E-state index contributed by atoms with van der Waals surface area (Å²) in [5.74, 6) is 0.757. The predicted molar refractivity (Wildman–Crippen MR) is 145 cm³/mol. The van der Waals surface area contributed by atoms with Crippen LogP contribution in [0.2, 0.25) is 5.02 Å². The molecule has 3 atom stereocenters. The summed E-state index contributed by atoms with van der Waals surface area (Å²) in [7, 11) is 0. The van der Waals surface area contributed by atoms with Crippen LogP contribution in [-0.2, 0) is 31.1 Å². The number of para-hydroxylation sites is 1. The quantitative estimate of drug-likeness (QED) is 0.298. The van der Waals surface area contributed by atoms with Gasteiger partial charge >= 0.3 is 6.09 Å². The minimum absolute atomic E-state index is 0.0714. The number of hydrogen-bond donors (Lipinski definition) is 1. The highest BCUT2D eigenvalue weighted by atomic mass is 35.5. The largest absolute Gasteiger partial charge is 0.454 e. The molecule has 6 rings (SSSR count). The number of fused-ring (bicyclic) bond motifs is 2. The van der Waals surface area contributed by atoms with Gasteiger partial charge < -0.3 is 28.6 Å². The van der Waals surface area contributed by atoms with E-state index < -0.39 is 24.2 Å². The van der Waals surface area contributed by atoms with Crippen LogP contribution >= 0.6 is 11.6 Å². The first-order valence-electron chi connectivity index (χ1n) is 13.0. The van der Waals surface area contributed by atoms with Crippen LogP contribution in [-0.4, -0.2) is 49.5 Å². The molecule has 3 aromatic rings. The number of halogens is 1. The number of rotatable bonds is 9. The number of benzene rings is 3. The summed E-state index contributed by atoms with van der Waals surface area (Å²) in [6.45, 7) is 4.43. The minimum Gasteiger partial charge on any atom is -0.454 e. The Morgan fingerprint density at radius 2 is 1.85 bits per heavy atom. The van der Waals surface area contributed by atoms with Crippen LogP contribution in [0.4, 0.5) is 10.5 Å². The zero-order chi connectivity index (χ0) is 27.9. The molecule has 1 N–H and O–H groups in total. The third-order valence-electron chi connectivity index (χ3n) is 7.05. The Morgan fingerprint density at radius 1 is 1.07 bits per heavy atom. The Hall–Kier alpha value is -3.83. The van der Waals surface area contributed by atoms with Crippen molar-refractivity contribution in [2.75, 3.05) is 24.9 Å². The van der Waals surface area contributed by atoms with E-state index in [0.717, 1.165) is 5.56 Å². The summed E-state index contributed by atoms with van der Waals surface area (Å²) in [6.07, 6.45) is -2.17. The van der Waals surface area contributed by atoms with Gasteiger partial charge in [-0.15, -0.1) is 0 Å². The van der Waals surface area contributed by atoms with E-state index in [1.165, 1.54) is 5.01 Å². The average molecular weight is 566 g/mol. The second-order valence-corrected chi connectivity index (χ2v) is 9.80. The summed E-state index contributed by atoms with van der Waals surface area (Å²) in [4.78, 5) is 29.6. The summed E-state index contributed by atoms with van der Waals surface area (Å²) in [5, 5.41) is 2.11. The Kier molecular flexibility index (Phi) is 7.01. The lowest BCUT2D eigenvalue weighted by Crippen LogP contribution is -2.62. The topological polar surface area (TPSA) is 102 Å². The van der Waals surface area contributed by atoms with Gasteiger partial charge in [0, 0.05) is 17.2 Å². The van der Waals surface area contributed by atoms with Crippen LogP contribution in [0.1, 0.15) is 30.5 Å². The molecule has 3 unspecified atom stereocenters. The third kappa shape index (κ3) is 4.43. The zero-order valence-electron chi connectivity index (χ0n) is 22.0. The SMILES string of the molecule is CCOC(=O)NN(C1OC1OCC)C1(c2ccc3c(c2)OCO3)C(=O)N(Cc2ccc(Cl)cc2)c2ccccc21. The summed E-state index contributed by atoms with van der Waals surface area (Å²) < 4.78 is 28.1.